The average molecular weight is 94.2 g/mol. The zero-order valence-corrected chi connectivity index (χ0v) is 4.65. The SMILES string of the molecule is C/C=C1\C=CCC1. The Morgan fingerprint density at radius 1 is 1.71 bits per heavy atom. The average Bonchev–Trinajstić information content (AvgIpc) is 2.14. The topological polar surface area (TPSA) is 0 Å². The van der Waals surface area contributed by atoms with E-state index in [4.69, 9.17) is 0 Å². The van der Waals surface area contributed by atoms with Crippen LogP contribution in [0.5, 0.6) is 0 Å². The molecule has 0 aromatic carbocycles. The molecule has 7 heavy (non-hydrogen) atoms. The van der Waals surface area contributed by atoms with E-state index < -0.39 is 0 Å². The van der Waals surface area contributed by atoms with Crippen molar-refractivity contribution < 1.29 is 0 Å². The molecule has 0 nitrogen and oxygen atoms in total. The molecular formula is C7H10. The zero-order valence-electron chi connectivity index (χ0n) is 4.65. The van der Waals surface area contributed by atoms with Crippen molar-refractivity contribution in [3.63, 3.8) is 0 Å². The number of hydrogen-bond donors (Lipinski definition) is 0. The van der Waals surface area contributed by atoms with Crippen LogP contribution in [-0.4, -0.2) is 0 Å². The van der Waals surface area contributed by atoms with Crippen molar-refractivity contribution >= 4 is 0 Å². The summed E-state index contributed by atoms with van der Waals surface area (Å²) in [6, 6.07) is 0. The highest BCUT2D eigenvalue weighted by atomic mass is 14.0. The van der Waals surface area contributed by atoms with E-state index in [0.717, 1.165) is 0 Å². The lowest BCUT2D eigenvalue weighted by Crippen LogP contribution is -1.64. The van der Waals surface area contributed by atoms with Gasteiger partial charge in [-0.25, -0.2) is 0 Å². The first-order chi connectivity index (χ1) is 3.43. The normalized spacial score (nSPS) is 24.4. The summed E-state index contributed by atoms with van der Waals surface area (Å²) in [5.41, 5.74) is 1.49. The lowest BCUT2D eigenvalue weighted by molar-refractivity contribution is 1.06. The highest BCUT2D eigenvalue weighted by molar-refractivity contribution is 5.23. The van der Waals surface area contributed by atoms with E-state index in [9.17, 15) is 0 Å². The molecular weight excluding hydrogens is 84.1 g/mol. The summed E-state index contributed by atoms with van der Waals surface area (Å²) in [6.45, 7) is 2.09. The van der Waals surface area contributed by atoms with E-state index in [0.29, 0.717) is 0 Å². The smallest absolute Gasteiger partial charge is 0.0247 e. The molecule has 1 aliphatic carbocycles. The molecule has 0 amide bonds. The fourth-order valence-corrected chi connectivity index (χ4v) is 0.809. The molecule has 0 bridgehead atoms. The van der Waals surface area contributed by atoms with Crippen LogP contribution in [0.1, 0.15) is 19.8 Å². The molecule has 0 saturated carbocycles. The zero-order chi connectivity index (χ0) is 5.11. The first-order valence-electron chi connectivity index (χ1n) is 2.75. The maximum atomic E-state index is 2.22. The third-order valence-electron chi connectivity index (χ3n) is 1.30. The van der Waals surface area contributed by atoms with Crippen LogP contribution in [0.15, 0.2) is 23.8 Å². The van der Waals surface area contributed by atoms with Gasteiger partial charge in [-0.1, -0.05) is 23.8 Å². The number of hydrogen-bond acceptors (Lipinski definition) is 0. The van der Waals surface area contributed by atoms with Gasteiger partial charge < -0.3 is 0 Å². The van der Waals surface area contributed by atoms with Crippen LogP contribution in [0, 0.1) is 0 Å². The van der Waals surface area contributed by atoms with Crippen LogP contribution in [0.2, 0.25) is 0 Å². The fourth-order valence-electron chi connectivity index (χ4n) is 0.809. The summed E-state index contributed by atoms with van der Waals surface area (Å²) in [6.07, 6.45) is 9.09. The van der Waals surface area contributed by atoms with Crippen molar-refractivity contribution in [2.75, 3.05) is 0 Å². The minimum Gasteiger partial charge on any atom is -0.0844 e. The van der Waals surface area contributed by atoms with Gasteiger partial charge in [-0.15, -0.1) is 0 Å². The predicted molar refractivity (Wildman–Crippen MR) is 32.1 cm³/mol. The van der Waals surface area contributed by atoms with Gasteiger partial charge in [0.2, 0.25) is 0 Å². The molecule has 0 aromatic rings. The van der Waals surface area contributed by atoms with Gasteiger partial charge in [-0.3, -0.25) is 0 Å². The van der Waals surface area contributed by atoms with Crippen molar-refractivity contribution in [1.82, 2.24) is 0 Å². The summed E-state index contributed by atoms with van der Waals surface area (Å²) >= 11 is 0. The molecule has 0 aromatic heterocycles. The molecule has 0 heteroatoms. The lowest BCUT2D eigenvalue weighted by atomic mass is 10.2. The number of allylic oxidation sites excluding steroid dienone is 4. The molecule has 0 N–H and O–H groups in total. The van der Waals surface area contributed by atoms with Crippen LogP contribution in [0.3, 0.4) is 0 Å². The molecule has 0 spiro atoms. The highest BCUT2D eigenvalue weighted by Gasteiger charge is 1.94. The first-order valence-corrected chi connectivity index (χ1v) is 2.75. The van der Waals surface area contributed by atoms with Crippen molar-refractivity contribution in [2.24, 2.45) is 0 Å². The minimum absolute atomic E-state index is 1.25. The van der Waals surface area contributed by atoms with Gasteiger partial charge in [0.25, 0.3) is 0 Å². The van der Waals surface area contributed by atoms with E-state index in [1.807, 2.05) is 0 Å². The van der Waals surface area contributed by atoms with Crippen molar-refractivity contribution in [3.05, 3.63) is 23.8 Å². The summed E-state index contributed by atoms with van der Waals surface area (Å²) in [4.78, 5) is 0. The Morgan fingerprint density at radius 2 is 2.57 bits per heavy atom. The molecule has 0 atom stereocenters. The van der Waals surface area contributed by atoms with Crippen LogP contribution in [0.4, 0.5) is 0 Å². The molecule has 0 radical (unpaired) electrons. The second-order valence-corrected chi connectivity index (χ2v) is 1.80. The third kappa shape index (κ3) is 0.923. The summed E-state index contributed by atoms with van der Waals surface area (Å²) < 4.78 is 0. The van der Waals surface area contributed by atoms with Gasteiger partial charge in [0.05, 0.1) is 0 Å². The maximum absolute atomic E-state index is 2.22. The summed E-state index contributed by atoms with van der Waals surface area (Å²) in [7, 11) is 0. The quantitative estimate of drug-likeness (QED) is 0.432. The molecule has 1 aliphatic rings. The monoisotopic (exact) mass is 94.1 g/mol. The third-order valence-corrected chi connectivity index (χ3v) is 1.30. The standard InChI is InChI=1S/C7H10/c1-2-7-5-3-4-6-7/h2-3,5H,4,6H2,1H3/b7-2+. The van der Waals surface area contributed by atoms with E-state index in [1.165, 1.54) is 18.4 Å². The summed E-state index contributed by atoms with van der Waals surface area (Å²) in [5.74, 6) is 0. The molecule has 0 saturated heterocycles. The van der Waals surface area contributed by atoms with Crippen LogP contribution in [0.25, 0.3) is 0 Å². The van der Waals surface area contributed by atoms with Crippen molar-refractivity contribution in [3.8, 4) is 0 Å². The Kier molecular flexibility index (Phi) is 1.30. The van der Waals surface area contributed by atoms with Crippen LogP contribution >= 0.6 is 0 Å². The second-order valence-electron chi connectivity index (χ2n) is 1.80. The lowest BCUT2D eigenvalue weighted by Gasteiger charge is -1.83. The van der Waals surface area contributed by atoms with Gasteiger partial charge in [0.1, 0.15) is 0 Å². The van der Waals surface area contributed by atoms with Gasteiger partial charge in [0, 0.05) is 0 Å². The Hall–Kier alpha value is -0.520. The van der Waals surface area contributed by atoms with Crippen LogP contribution in [-0.2, 0) is 0 Å². The van der Waals surface area contributed by atoms with Crippen LogP contribution < -0.4 is 0 Å². The molecule has 0 aliphatic heterocycles. The Bertz CT molecular complexity index is 104. The van der Waals surface area contributed by atoms with Gasteiger partial charge >= 0.3 is 0 Å². The Labute approximate surface area is 44.5 Å². The molecule has 0 fully saturated rings. The number of rotatable bonds is 0. The van der Waals surface area contributed by atoms with E-state index in [1.54, 1.807) is 0 Å². The van der Waals surface area contributed by atoms with Gasteiger partial charge in [0.15, 0.2) is 0 Å². The van der Waals surface area contributed by atoms with Crippen molar-refractivity contribution in [1.29, 1.82) is 0 Å². The van der Waals surface area contributed by atoms with Crippen molar-refractivity contribution in [2.45, 2.75) is 19.8 Å². The molecule has 38 valence electrons. The molecule has 1 rings (SSSR count). The largest absolute Gasteiger partial charge is 0.0844 e. The predicted octanol–water partition coefficient (Wildman–Crippen LogP) is 2.28. The van der Waals surface area contributed by atoms with Gasteiger partial charge in [-0.2, -0.15) is 0 Å². The van der Waals surface area contributed by atoms with E-state index in [-0.39, 0.29) is 0 Å². The summed E-state index contributed by atoms with van der Waals surface area (Å²) in [5, 5.41) is 0. The van der Waals surface area contributed by atoms with E-state index >= 15 is 0 Å². The van der Waals surface area contributed by atoms with Gasteiger partial charge in [-0.05, 0) is 19.8 Å². The Balaban J connectivity index is 2.59. The first kappa shape index (κ1) is 4.63. The highest BCUT2D eigenvalue weighted by Crippen LogP contribution is 2.14. The maximum Gasteiger partial charge on any atom is -0.0247 e. The molecule has 0 heterocycles. The minimum atomic E-state index is 1.25. The Morgan fingerprint density at radius 3 is 2.86 bits per heavy atom. The fraction of sp³-hybridized carbons (Fsp3) is 0.429. The van der Waals surface area contributed by atoms with E-state index in [2.05, 4.69) is 25.2 Å². The second kappa shape index (κ2) is 1.97. The molecule has 0 unspecified atom stereocenters.